The largest absolute Gasteiger partial charge is 0.512 e. The van der Waals surface area contributed by atoms with E-state index in [4.69, 9.17) is 9.73 Å². The Labute approximate surface area is 280 Å². The molecule has 4 rings (SSSR count). The Hall–Kier alpha value is -3.28. The van der Waals surface area contributed by atoms with Gasteiger partial charge < -0.3 is 9.84 Å². The summed E-state index contributed by atoms with van der Waals surface area (Å²) in [5, 5.41) is 10.9. The zero-order chi connectivity index (χ0) is 34.4. The molecule has 1 aliphatic heterocycles. The van der Waals surface area contributed by atoms with Crippen molar-refractivity contribution in [2.75, 3.05) is 7.11 Å². The van der Waals surface area contributed by atoms with Crippen LogP contribution in [0.2, 0.25) is 0 Å². The summed E-state index contributed by atoms with van der Waals surface area (Å²) in [6.07, 6.45) is 15.1. The summed E-state index contributed by atoms with van der Waals surface area (Å²) >= 11 is 0. The van der Waals surface area contributed by atoms with Gasteiger partial charge in [0.1, 0.15) is 11.4 Å². The van der Waals surface area contributed by atoms with Gasteiger partial charge in [0.15, 0.2) is 0 Å². The van der Waals surface area contributed by atoms with Gasteiger partial charge in [0.2, 0.25) is 0 Å². The first-order valence-corrected chi connectivity index (χ1v) is 17.5. The number of halogens is 3. The maximum atomic E-state index is 15.1. The zero-order valence-electron chi connectivity index (χ0n) is 29.1. The van der Waals surface area contributed by atoms with Crippen molar-refractivity contribution in [1.82, 2.24) is 0 Å². The number of benzene rings is 1. The van der Waals surface area contributed by atoms with Crippen molar-refractivity contribution in [1.29, 1.82) is 0 Å². The molecule has 3 nitrogen and oxygen atoms in total. The van der Waals surface area contributed by atoms with Crippen molar-refractivity contribution in [2.24, 2.45) is 16.8 Å². The molecule has 3 aliphatic rings. The third-order valence-corrected chi connectivity index (χ3v) is 10.4. The number of hydrogen-bond acceptors (Lipinski definition) is 3. The van der Waals surface area contributed by atoms with Crippen molar-refractivity contribution >= 4 is 16.9 Å². The smallest absolute Gasteiger partial charge is 0.251 e. The molecule has 2 atom stereocenters. The zero-order valence-corrected chi connectivity index (χ0v) is 29.1. The minimum atomic E-state index is -2.84. The molecule has 0 amide bonds. The number of alkyl halides is 3. The van der Waals surface area contributed by atoms with Crippen LogP contribution in [0.5, 0.6) is 5.75 Å². The number of methoxy groups -OCH3 is 1. The lowest BCUT2D eigenvalue weighted by molar-refractivity contribution is -0.00863. The van der Waals surface area contributed by atoms with E-state index in [1.165, 1.54) is 12.2 Å². The number of aliphatic imine (C=N–C) groups is 1. The summed E-state index contributed by atoms with van der Waals surface area (Å²) in [5.41, 5.74) is 6.12. The van der Waals surface area contributed by atoms with Crippen molar-refractivity contribution in [3.63, 3.8) is 0 Å². The number of hydrogen-bond donors (Lipinski definition) is 1. The van der Waals surface area contributed by atoms with Gasteiger partial charge in [-0.2, -0.15) is 0 Å². The van der Waals surface area contributed by atoms with E-state index >= 15 is 4.39 Å². The number of rotatable bonds is 12. The number of aliphatic hydroxyl groups is 1. The number of unbranched alkanes of at least 4 members (excludes halogenated alkanes) is 1. The highest BCUT2D eigenvalue weighted by molar-refractivity contribution is 5.92. The fourth-order valence-corrected chi connectivity index (χ4v) is 7.62. The fourth-order valence-electron chi connectivity index (χ4n) is 7.62. The second-order valence-electron chi connectivity index (χ2n) is 13.9. The number of aliphatic hydroxyl groups excluding tert-OH is 1. The van der Waals surface area contributed by atoms with Gasteiger partial charge in [-0.15, -0.1) is 6.58 Å². The van der Waals surface area contributed by atoms with Gasteiger partial charge in [-0.25, -0.2) is 13.2 Å². The summed E-state index contributed by atoms with van der Waals surface area (Å²) in [6.45, 7) is 15.3. The molecule has 1 heterocycles. The lowest BCUT2D eigenvalue weighted by Gasteiger charge is -2.32. The molecule has 0 radical (unpaired) electrons. The van der Waals surface area contributed by atoms with E-state index in [1.54, 1.807) is 14.0 Å². The lowest BCUT2D eigenvalue weighted by Crippen LogP contribution is -2.30. The predicted molar refractivity (Wildman–Crippen MR) is 191 cm³/mol. The molecule has 1 aromatic rings. The van der Waals surface area contributed by atoms with Crippen LogP contribution in [0.4, 0.5) is 13.2 Å². The molecule has 47 heavy (non-hydrogen) atoms. The molecule has 1 N–H and O–H groups in total. The minimum absolute atomic E-state index is 0.129. The Morgan fingerprint density at radius 2 is 1.89 bits per heavy atom. The van der Waals surface area contributed by atoms with Gasteiger partial charge in [-0.1, -0.05) is 51.2 Å². The minimum Gasteiger partial charge on any atom is -0.512 e. The first kappa shape index (κ1) is 36.6. The highest BCUT2D eigenvalue weighted by Gasteiger charge is 2.37. The second kappa shape index (κ2) is 15.7. The van der Waals surface area contributed by atoms with E-state index in [0.29, 0.717) is 50.7 Å². The third kappa shape index (κ3) is 8.61. The van der Waals surface area contributed by atoms with E-state index in [1.807, 2.05) is 13.0 Å². The molecule has 1 fully saturated rings. The number of nitrogens with zero attached hydrogens (tertiary/aromatic N) is 1. The average molecular weight is 650 g/mol. The van der Waals surface area contributed by atoms with Crippen molar-refractivity contribution in [3.8, 4) is 5.75 Å². The van der Waals surface area contributed by atoms with Gasteiger partial charge in [-0.3, -0.25) is 4.99 Å². The molecule has 2 aliphatic carbocycles. The molecule has 0 spiro atoms. The fraction of sp³-hybridized carbons (Fsp3) is 0.537. The normalized spacial score (nSPS) is 26.5. The summed E-state index contributed by atoms with van der Waals surface area (Å²) in [7, 11) is 1.64. The topological polar surface area (TPSA) is 41.8 Å². The van der Waals surface area contributed by atoms with Crippen LogP contribution in [-0.4, -0.2) is 29.5 Å². The highest BCUT2D eigenvalue weighted by atomic mass is 19.3. The monoisotopic (exact) mass is 649 g/mol. The van der Waals surface area contributed by atoms with Crippen LogP contribution >= 0.6 is 0 Å². The maximum absolute atomic E-state index is 15.1. The van der Waals surface area contributed by atoms with E-state index in [2.05, 4.69) is 51.3 Å². The summed E-state index contributed by atoms with van der Waals surface area (Å²) in [4.78, 5) is 5.31. The Morgan fingerprint density at radius 3 is 2.51 bits per heavy atom. The van der Waals surface area contributed by atoms with E-state index < -0.39 is 11.6 Å². The molecule has 1 aromatic carbocycles. The Bertz CT molecular complexity index is 1470. The average Bonchev–Trinajstić information content (AvgIpc) is 3.21. The van der Waals surface area contributed by atoms with Gasteiger partial charge in [0.25, 0.3) is 5.92 Å². The van der Waals surface area contributed by atoms with Crippen molar-refractivity contribution in [2.45, 2.75) is 122 Å². The van der Waals surface area contributed by atoms with E-state index in [9.17, 15) is 13.9 Å². The predicted octanol–water partition coefficient (Wildman–Crippen LogP) is 12.4. The molecule has 0 saturated heterocycles. The van der Waals surface area contributed by atoms with E-state index in [-0.39, 0.29) is 36.4 Å². The van der Waals surface area contributed by atoms with Gasteiger partial charge in [0, 0.05) is 29.7 Å². The second-order valence-corrected chi connectivity index (χ2v) is 13.9. The molecule has 6 heteroatoms. The molecule has 256 valence electrons. The van der Waals surface area contributed by atoms with Crippen LogP contribution in [0.1, 0.15) is 127 Å². The number of ether oxygens (including phenoxy) is 1. The van der Waals surface area contributed by atoms with Crippen LogP contribution in [0.3, 0.4) is 0 Å². The molecular weight excluding hydrogens is 595 g/mol. The summed E-state index contributed by atoms with van der Waals surface area (Å²) < 4.78 is 51.0. The van der Waals surface area contributed by atoms with Crippen molar-refractivity contribution < 1.29 is 23.0 Å². The van der Waals surface area contributed by atoms with Crippen LogP contribution in [0, 0.1) is 11.8 Å². The molecule has 1 saturated carbocycles. The number of allylic oxidation sites excluding steroid dienone is 9. The van der Waals surface area contributed by atoms with Crippen LogP contribution in [-0.2, 0) is 0 Å². The lowest BCUT2D eigenvalue weighted by atomic mass is 9.75. The van der Waals surface area contributed by atoms with Gasteiger partial charge in [0.05, 0.1) is 18.6 Å². The Kier molecular flexibility index (Phi) is 12.2. The van der Waals surface area contributed by atoms with Gasteiger partial charge in [-0.05, 0) is 130 Å². The standard InChI is InChI=1S/C41H54F3NO2/c1-8-11-13-28(5)38(29(6)46)34-25-32-27(4)14-12-15-36-39(33(32)26-37(34)47-7)31(20-24-41(43,44)21-9-2)16-17-35(45-36)30-18-22-40(42,10-3)23-19-30/h9-10,12-13,15,25-27,30-31,46H,2-3,8,11,14,16-24H2,1,4-7H3/b15-12+,28-13+,38-29+. The van der Waals surface area contributed by atoms with Crippen LogP contribution in [0.25, 0.3) is 11.1 Å². The summed E-state index contributed by atoms with van der Waals surface area (Å²) in [5.74, 6) is -1.87. The third-order valence-electron chi connectivity index (χ3n) is 10.4. The van der Waals surface area contributed by atoms with Gasteiger partial charge >= 0.3 is 0 Å². The molecule has 0 aromatic heterocycles. The first-order valence-electron chi connectivity index (χ1n) is 17.5. The SMILES string of the molecule is C=CCC(F)(F)CCC1CCC(C2CCC(F)(C=C)CC2)=NC2=C1c1cc(OC)c(C(/C(C)=C/CCC)=C(\C)O)cc1C(C)C/C=C/2. The number of fused-ring (bicyclic) bond motifs is 2. The molecular formula is C41H54F3NO2. The maximum Gasteiger partial charge on any atom is 0.251 e. The van der Waals surface area contributed by atoms with Crippen LogP contribution in [0.15, 0.2) is 77.7 Å². The summed E-state index contributed by atoms with van der Waals surface area (Å²) in [6, 6.07) is 4.18. The van der Waals surface area contributed by atoms with Crippen LogP contribution < -0.4 is 4.74 Å². The highest BCUT2D eigenvalue weighted by Crippen LogP contribution is 2.48. The van der Waals surface area contributed by atoms with E-state index in [0.717, 1.165) is 64.1 Å². The first-order chi connectivity index (χ1) is 22.4. The molecule has 2 unspecified atom stereocenters. The Morgan fingerprint density at radius 1 is 1.17 bits per heavy atom. The Balaban J connectivity index is 1.91. The van der Waals surface area contributed by atoms with Crippen molar-refractivity contribution in [3.05, 3.63) is 89.4 Å². The molecule has 0 bridgehead atoms. The quantitative estimate of drug-likeness (QED) is 0.139.